The summed E-state index contributed by atoms with van der Waals surface area (Å²) in [4.78, 5) is 6.43. The van der Waals surface area contributed by atoms with E-state index in [0.29, 0.717) is 19.0 Å². The molecule has 0 heterocycles. The Morgan fingerprint density at radius 3 is 2.14 bits per heavy atom. The molecule has 4 nitrogen and oxygen atoms in total. The molecule has 0 saturated carbocycles. The Hall–Kier alpha value is -0.250. The number of alkyl halides is 3. The topological polar surface area (TPSA) is 39.7 Å². The lowest BCUT2D eigenvalue weighted by molar-refractivity contribution is -0.132. The summed E-state index contributed by atoms with van der Waals surface area (Å²) in [7, 11) is 3.97. The molecule has 0 fully saturated rings. The first-order valence-corrected chi connectivity index (χ1v) is 6.79. The second kappa shape index (κ2) is 10.5. The Morgan fingerprint density at radius 1 is 1.14 bits per heavy atom. The summed E-state index contributed by atoms with van der Waals surface area (Å²) < 4.78 is 36.3. The number of nitrogens with one attached hydrogen (secondary N) is 2. The summed E-state index contributed by atoms with van der Waals surface area (Å²) in [5.74, 6) is 0.434. The fourth-order valence-corrected chi connectivity index (χ4v) is 1.86. The van der Waals surface area contributed by atoms with Crippen LogP contribution in [0, 0.1) is 5.41 Å². The van der Waals surface area contributed by atoms with Gasteiger partial charge in [-0.2, -0.15) is 13.2 Å². The van der Waals surface area contributed by atoms with E-state index in [2.05, 4.69) is 34.4 Å². The number of aliphatic imine (C=N–C) groups is 1. The lowest BCUT2D eigenvalue weighted by Gasteiger charge is -2.26. The summed E-state index contributed by atoms with van der Waals surface area (Å²) in [6, 6.07) is 0. The van der Waals surface area contributed by atoms with Gasteiger partial charge in [-0.15, -0.1) is 24.0 Å². The predicted molar refractivity (Wildman–Crippen MR) is 92.4 cm³/mol. The van der Waals surface area contributed by atoms with Crippen molar-refractivity contribution in [1.29, 1.82) is 0 Å². The van der Waals surface area contributed by atoms with Gasteiger partial charge in [0.05, 0.1) is 6.42 Å². The monoisotopic (exact) mass is 424 g/mol. The molecule has 128 valence electrons. The maximum Gasteiger partial charge on any atom is 0.390 e. The highest BCUT2D eigenvalue weighted by molar-refractivity contribution is 14.0. The van der Waals surface area contributed by atoms with Gasteiger partial charge in [-0.1, -0.05) is 13.8 Å². The number of hydrogen-bond donors (Lipinski definition) is 2. The quantitative estimate of drug-likeness (QED) is 0.375. The van der Waals surface area contributed by atoms with Crippen molar-refractivity contribution in [2.45, 2.75) is 33.4 Å². The van der Waals surface area contributed by atoms with Crippen molar-refractivity contribution >= 4 is 29.9 Å². The fraction of sp³-hybridized carbons (Fsp3) is 0.923. The van der Waals surface area contributed by atoms with Gasteiger partial charge in [-0.3, -0.25) is 4.99 Å². The van der Waals surface area contributed by atoms with Crippen molar-refractivity contribution in [3.8, 4) is 0 Å². The third-order valence-corrected chi connectivity index (χ3v) is 2.45. The van der Waals surface area contributed by atoms with E-state index in [1.54, 1.807) is 0 Å². The highest BCUT2D eigenvalue weighted by Crippen LogP contribution is 2.18. The summed E-state index contributed by atoms with van der Waals surface area (Å²) in [5, 5.41) is 5.66. The van der Waals surface area contributed by atoms with Crippen LogP contribution >= 0.6 is 24.0 Å². The van der Waals surface area contributed by atoms with Crippen molar-refractivity contribution < 1.29 is 13.2 Å². The number of halogens is 4. The van der Waals surface area contributed by atoms with Crippen molar-refractivity contribution in [1.82, 2.24) is 15.5 Å². The van der Waals surface area contributed by atoms with Crippen LogP contribution in [0.2, 0.25) is 0 Å². The van der Waals surface area contributed by atoms with Crippen molar-refractivity contribution in [2.75, 3.05) is 40.3 Å². The van der Waals surface area contributed by atoms with E-state index in [0.717, 1.165) is 6.54 Å². The zero-order valence-corrected chi connectivity index (χ0v) is 15.8. The second-order valence-corrected chi connectivity index (χ2v) is 5.89. The first-order chi connectivity index (χ1) is 9.06. The molecule has 0 rings (SSSR count). The lowest BCUT2D eigenvalue weighted by atomic mass is 9.93. The van der Waals surface area contributed by atoms with Gasteiger partial charge in [-0.05, 0) is 26.4 Å². The third kappa shape index (κ3) is 14.5. The molecule has 0 aromatic carbocycles. The Morgan fingerprint density at radius 2 is 1.71 bits per heavy atom. The number of hydrogen-bond acceptors (Lipinski definition) is 2. The molecule has 0 saturated heterocycles. The average molecular weight is 424 g/mol. The Balaban J connectivity index is 0. The molecule has 8 heteroatoms. The van der Waals surface area contributed by atoms with Crippen LogP contribution in [-0.2, 0) is 0 Å². The van der Waals surface area contributed by atoms with E-state index in [1.807, 2.05) is 21.0 Å². The van der Waals surface area contributed by atoms with E-state index in [9.17, 15) is 13.2 Å². The minimum Gasteiger partial charge on any atom is -0.357 e. The van der Waals surface area contributed by atoms with Gasteiger partial charge in [0, 0.05) is 26.2 Å². The smallest absolute Gasteiger partial charge is 0.357 e. The number of rotatable bonds is 7. The zero-order valence-electron chi connectivity index (χ0n) is 13.5. The largest absolute Gasteiger partial charge is 0.390 e. The van der Waals surface area contributed by atoms with Crippen molar-refractivity contribution in [3.05, 3.63) is 0 Å². The molecule has 0 bridgehead atoms. The number of nitrogens with zero attached hydrogens (tertiary/aromatic N) is 2. The van der Waals surface area contributed by atoms with E-state index < -0.39 is 12.6 Å². The molecular formula is C13H28F3IN4. The summed E-state index contributed by atoms with van der Waals surface area (Å²) in [5.41, 5.74) is -0.0319. The van der Waals surface area contributed by atoms with Crippen LogP contribution in [0.5, 0.6) is 0 Å². The molecule has 0 unspecified atom stereocenters. The minimum absolute atomic E-state index is 0. The third-order valence-electron chi connectivity index (χ3n) is 2.45. The van der Waals surface area contributed by atoms with E-state index >= 15 is 0 Å². The van der Waals surface area contributed by atoms with Gasteiger partial charge in [0.2, 0.25) is 0 Å². The van der Waals surface area contributed by atoms with Crippen LogP contribution in [0.4, 0.5) is 13.2 Å². The Bertz CT molecular complexity index is 304. The van der Waals surface area contributed by atoms with Gasteiger partial charge in [0.15, 0.2) is 5.96 Å². The van der Waals surface area contributed by atoms with Crippen LogP contribution in [-0.4, -0.2) is 57.3 Å². The SMILES string of the molecule is CCNC(=NCC(C)(C)CN(C)C)NCCC(F)(F)F.I. The van der Waals surface area contributed by atoms with Crippen LogP contribution in [0.1, 0.15) is 27.2 Å². The molecule has 21 heavy (non-hydrogen) atoms. The molecular weight excluding hydrogens is 396 g/mol. The highest BCUT2D eigenvalue weighted by Gasteiger charge is 2.26. The maximum absolute atomic E-state index is 12.1. The van der Waals surface area contributed by atoms with Crippen LogP contribution < -0.4 is 10.6 Å². The van der Waals surface area contributed by atoms with Gasteiger partial charge in [0.1, 0.15) is 0 Å². The summed E-state index contributed by atoms with van der Waals surface area (Å²) >= 11 is 0. The zero-order chi connectivity index (χ0) is 15.8. The van der Waals surface area contributed by atoms with Gasteiger partial charge in [-0.25, -0.2) is 0 Å². The average Bonchev–Trinajstić information content (AvgIpc) is 2.22. The van der Waals surface area contributed by atoms with E-state index in [-0.39, 0.29) is 35.9 Å². The molecule has 0 aromatic rings. The van der Waals surface area contributed by atoms with Gasteiger partial charge >= 0.3 is 6.18 Å². The number of guanidine groups is 1. The lowest BCUT2D eigenvalue weighted by Crippen LogP contribution is -2.40. The maximum atomic E-state index is 12.1. The minimum atomic E-state index is -4.14. The molecule has 2 N–H and O–H groups in total. The van der Waals surface area contributed by atoms with E-state index in [1.165, 1.54) is 0 Å². The molecule has 0 radical (unpaired) electrons. The summed E-state index contributed by atoms with van der Waals surface area (Å²) in [6.45, 7) is 7.90. The standard InChI is InChI=1S/C13H27F3N4.HI/c1-6-17-11(18-8-7-13(14,15)16)19-9-12(2,3)10-20(4)5;/h6-10H2,1-5H3,(H2,17,18,19);1H. The molecule has 0 spiro atoms. The van der Waals surface area contributed by atoms with Crippen molar-refractivity contribution in [3.63, 3.8) is 0 Å². The van der Waals surface area contributed by atoms with Crippen molar-refractivity contribution in [2.24, 2.45) is 10.4 Å². The van der Waals surface area contributed by atoms with Crippen LogP contribution in [0.15, 0.2) is 4.99 Å². The van der Waals surface area contributed by atoms with Gasteiger partial charge < -0.3 is 15.5 Å². The van der Waals surface area contributed by atoms with E-state index in [4.69, 9.17) is 0 Å². The highest BCUT2D eigenvalue weighted by atomic mass is 127. The molecule has 0 atom stereocenters. The molecule has 0 aliphatic carbocycles. The second-order valence-electron chi connectivity index (χ2n) is 5.89. The summed E-state index contributed by atoms with van der Waals surface area (Å²) in [6.07, 6.45) is -5.01. The Labute approximate surface area is 143 Å². The first-order valence-electron chi connectivity index (χ1n) is 6.79. The Kier molecular flexibility index (Phi) is 11.5. The fourth-order valence-electron chi connectivity index (χ4n) is 1.86. The normalized spacial score (nSPS) is 13.1. The predicted octanol–water partition coefficient (Wildman–Crippen LogP) is 2.70. The van der Waals surface area contributed by atoms with Crippen LogP contribution in [0.25, 0.3) is 0 Å². The first kappa shape index (κ1) is 23.0. The molecule has 0 amide bonds. The molecule has 0 aliphatic heterocycles. The van der Waals surface area contributed by atoms with Crippen LogP contribution in [0.3, 0.4) is 0 Å². The molecule has 0 aromatic heterocycles. The molecule has 0 aliphatic rings. The van der Waals surface area contributed by atoms with Gasteiger partial charge in [0.25, 0.3) is 0 Å².